The number of hydrogen-bond donors (Lipinski definition) is 1. The molecule has 1 fully saturated rings. The molecule has 2 nitrogen and oxygen atoms in total. The maximum Gasteiger partial charge on any atom is 0.0508 e. The predicted octanol–water partition coefficient (Wildman–Crippen LogP) is 3.22. The third-order valence-corrected chi connectivity index (χ3v) is 5.38. The maximum absolute atomic E-state index is 12.1. The van der Waals surface area contributed by atoms with Crippen molar-refractivity contribution < 1.29 is 4.21 Å². The molecule has 4 heteroatoms. The quantitative estimate of drug-likeness (QED) is 0.871. The molecule has 0 amide bonds. The van der Waals surface area contributed by atoms with Crippen LogP contribution in [0.3, 0.4) is 0 Å². The van der Waals surface area contributed by atoms with Crippen LogP contribution in [0, 0.1) is 0 Å². The van der Waals surface area contributed by atoms with E-state index in [4.69, 9.17) is 5.73 Å². The molecule has 0 aromatic heterocycles. The highest BCUT2D eigenvalue weighted by molar-refractivity contribution is 9.10. The summed E-state index contributed by atoms with van der Waals surface area (Å²) < 4.78 is 13.1. The summed E-state index contributed by atoms with van der Waals surface area (Å²) >= 11 is 3.37. The van der Waals surface area contributed by atoms with E-state index in [1.54, 1.807) is 0 Å². The van der Waals surface area contributed by atoms with Gasteiger partial charge in [0.05, 0.1) is 5.75 Å². The zero-order chi connectivity index (χ0) is 11.5. The van der Waals surface area contributed by atoms with Crippen LogP contribution in [-0.2, 0) is 16.6 Å². The van der Waals surface area contributed by atoms with Gasteiger partial charge in [-0.25, -0.2) is 0 Å². The van der Waals surface area contributed by atoms with Gasteiger partial charge in [0.15, 0.2) is 0 Å². The van der Waals surface area contributed by atoms with Crippen molar-refractivity contribution in [3.8, 4) is 0 Å². The fraction of sp³-hybridized carbons (Fsp3) is 0.500. The number of rotatable bonds is 3. The zero-order valence-electron chi connectivity index (χ0n) is 9.12. The van der Waals surface area contributed by atoms with Gasteiger partial charge in [-0.3, -0.25) is 4.21 Å². The SMILES string of the molecule is Nc1cc(Br)ccc1CS(=O)C1CCCC1. The first kappa shape index (κ1) is 12.1. The smallest absolute Gasteiger partial charge is 0.0508 e. The van der Waals surface area contributed by atoms with Crippen molar-refractivity contribution in [1.82, 2.24) is 0 Å². The molecule has 0 heterocycles. The lowest BCUT2D eigenvalue weighted by molar-refractivity contribution is 0.668. The minimum absolute atomic E-state index is 0.392. The summed E-state index contributed by atoms with van der Waals surface area (Å²) in [6.07, 6.45) is 4.69. The number of nitrogens with two attached hydrogens (primary N) is 1. The molecule has 0 radical (unpaired) electrons. The van der Waals surface area contributed by atoms with E-state index in [0.29, 0.717) is 11.0 Å². The summed E-state index contributed by atoms with van der Waals surface area (Å²) in [5, 5.41) is 0.392. The molecule has 1 saturated carbocycles. The third-order valence-electron chi connectivity index (χ3n) is 3.08. The molecule has 1 aliphatic carbocycles. The first-order chi connectivity index (χ1) is 7.66. The van der Waals surface area contributed by atoms with Gasteiger partial charge in [0.25, 0.3) is 0 Å². The second-order valence-electron chi connectivity index (χ2n) is 4.27. The standard InChI is InChI=1S/C12H16BrNOS/c13-10-6-5-9(12(14)7-10)8-16(15)11-3-1-2-4-11/h5-7,11H,1-4,8,14H2. The minimum atomic E-state index is -0.759. The van der Waals surface area contributed by atoms with E-state index >= 15 is 0 Å². The lowest BCUT2D eigenvalue weighted by atomic mass is 10.2. The van der Waals surface area contributed by atoms with Crippen molar-refractivity contribution in [2.75, 3.05) is 5.73 Å². The van der Waals surface area contributed by atoms with Gasteiger partial charge in [-0.2, -0.15) is 0 Å². The van der Waals surface area contributed by atoms with Gasteiger partial charge in [-0.15, -0.1) is 0 Å². The molecule has 1 aliphatic rings. The van der Waals surface area contributed by atoms with Crippen molar-refractivity contribution in [2.24, 2.45) is 0 Å². The summed E-state index contributed by atoms with van der Waals surface area (Å²) in [7, 11) is -0.759. The Balaban J connectivity index is 2.05. The van der Waals surface area contributed by atoms with Gasteiger partial charge in [-0.05, 0) is 30.5 Å². The molecule has 0 saturated heterocycles. The van der Waals surface area contributed by atoms with Crippen LogP contribution in [-0.4, -0.2) is 9.46 Å². The fourth-order valence-electron chi connectivity index (χ4n) is 2.12. The molecule has 2 rings (SSSR count). The topological polar surface area (TPSA) is 43.1 Å². The fourth-order valence-corrected chi connectivity index (χ4v) is 4.16. The van der Waals surface area contributed by atoms with Crippen LogP contribution >= 0.6 is 15.9 Å². The van der Waals surface area contributed by atoms with E-state index in [1.807, 2.05) is 18.2 Å². The van der Waals surface area contributed by atoms with Crippen LogP contribution in [0.1, 0.15) is 31.2 Å². The first-order valence-electron chi connectivity index (χ1n) is 5.58. The first-order valence-corrected chi connectivity index (χ1v) is 7.75. The Labute approximate surface area is 107 Å². The van der Waals surface area contributed by atoms with Crippen molar-refractivity contribution in [2.45, 2.75) is 36.7 Å². The molecule has 88 valence electrons. The molecular weight excluding hydrogens is 286 g/mol. The van der Waals surface area contributed by atoms with Crippen LogP contribution in [0.2, 0.25) is 0 Å². The van der Waals surface area contributed by atoms with Crippen molar-refractivity contribution in [3.05, 3.63) is 28.2 Å². The van der Waals surface area contributed by atoms with Gasteiger partial charge in [0.2, 0.25) is 0 Å². The molecule has 1 atom stereocenters. The highest BCUT2D eigenvalue weighted by atomic mass is 79.9. The summed E-state index contributed by atoms with van der Waals surface area (Å²) in [6.45, 7) is 0. The summed E-state index contributed by atoms with van der Waals surface area (Å²) in [4.78, 5) is 0. The number of anilines is 1. The van der Waals surface area contributed by atoms with E-state index < -0.39 is 10.8 Å². The Morgan fingerprint density at radius 1 is 1.38 bits per heavy atom. The zero-order valence-corrected chi connectivity index (χ0v) is 11.5. The minimum Gasteiger partial charge on any atom is -0.398 e. The highest BCUT2D eigenvalue weighted by Gasteiger charge is 2.21. The Morgan fingerprint density at radius 3 is 2.69 bits per heavy atom. The van der Waals surface area contributed by atoms with E-state index in [0.717, 1.165) is 28.6 Å². The summed E-state index contributed by atoms with van der Waals surface area (Å²) in [6, 6.07) is 5.80. The van der Waals surface area contributed by atoms with Crippen LogP contribution in [0.4, 0.5) is 5.69 Å². The van der Waals surface area contributed by atoms with Crippen LogP contribution in [0.25, 0.3) is 0 Å². The van der Waals surface area contributed by atoms with Crippen molar-refractivity contribution in [1.29, 1.82) is 0 Å². The Kier molecular flexibility index (Phi) is 4.03. The second kappa shape index (κ2) is 5.32. The molecule has 1 aromatic rings. The average molecular weight is 302 g/mol. The largest absolute Gasteiger partial charge is 0.398 e. The number of benzene rings is 1. The molecule has 1 unspecified atom stereocenters. The van der Waals surface area contributed by atoms with Gasteiger partial charge >= 0.3 is 0 Å². The third kappa shape index (κ3) is 2.86. The summed E-state index contributed by atoms with van der Waals surface area (Å²) in [5.74, 6) is 0.601. The van der Waals surface area contributed by atoms with E-state index in [1.165, 1.54) is 12.8 Å². The van der Waals surface area contributed by atoms with Gasteiger partial charge < -0.3 is 5.73 Å². The van der Waals surface area contributed by atoms with E-state index in [-0.39, 0.29) is 0 Å². The van der Waals surface area contributed by atoms with Crippen LogP contribution < -0.4 is 5.73 Å². The average Bonchev–Trinajstić information content (AvgIpc) is 2.75. The predicted molar refractivity (Wildman–Crippen MR) is 72.7 cm³/mol. The number of halogens is 1. The Morgan fingerprint density at radius 2 is 2.06 bits per heavy atom. The normalized spacial score (nSPS) is 18.8. The van der Waals surface area contributed by atoms with Gasteiger partial charge in [-0.1, -0.05) is 34.8 Å². The Bertz CT molecular complexity index is 402. The van der Waals surface area contributed by atoms with Crippen LogP contribution in [0.5, 0.6) is 0 Å². The van der Waals surface area contributed by atoms with Crippen molar-refractivity contribution >= 4 is 32.4 Å². The molecule has 0 bridgehead atoms. The van der Waals surface area contributed by atoms with E-state index in [9.17, 15) is 4.21 Å². The maximum atomic E-state index is 12.1. The van der Waals surface area contributed by atoms with E-state index in [2.05, 4.69) is 15.9 Å². The number of hydrogen-bond acceptors (Lipinski definition) is 2. The molecule has 1 aromatic carbocycles. The lowest BCUT2D eigenvalue weighted by Crippen LogP contribution is -2.13. The van der Waals surface area contributed by atoms with Crippen LogP contribution in [0.15, 0.2) is 22.7 Å². The summed E-state index contributed by atoms with van der Waals surface area (Å²) in [5.41, 5.74) is 7.65. The lowest BCUT2D eigenvalue weighted by Gasteiger charge is -2.10. The second-order valence-corrected chi connectivity index (χ2v) is 6.91. The molecule has 16 heavy (non-hydrogen) atoms. The van der Waals surface area contributed by atoms with Gasteiger partial charge in [0.1, 0.15) is 0 Å². The molecular formula is C12H16BrNOS. The molecule has 2 N–H and O–H groups in total. The molecule has 0 spiro atoms. The van der Waals surface area contributed by atoms with Gasteiger partial charge in [0, 0.05) is 26.2 Å². The molecule has 0 aliphatic heterocycles. The number of nitrogen functional groups attached to an aromatic ring is 1. The van der Waals surface area contributed by atoms with Crippen molar-refractivity contribution in [3.63, 3.8) is 0 Å². The highest BCUT2D eigenvalue weighted by Crippen LogP contribution is 2.26. The monoisotopic (exact) mass is 301 g/mol. The Hall–Kier alpha value is -0.350.